The van der Waals surface area contributed by atoms with Gasteiger partial charge in [0, 0.05) is 5.92 Å². The molecule has 1 nitrogen and oxygen atoms in total. The molecule has 0 N–H and O–H groups in total. The SMILES string of the molecule is CC1=C(C)C2CC1CC2C=O. The lowest BCUT2D eigenvalue weighted by atomic mass is 9.86. The third-order valence-electron chi connectivity index (χ3n) is 3.58. The monoisotopic (exact) mass is 150 g/mol. The van der Waals surface area contributed by atoms with Crippen molar-refractivity contribution in [3.05, 3.63) is 11.1 Å². The van der Waals surface area contributed by atoms with E-state index >= 15 is 0 Å². The summed E-state index contributed by atoms with van der Waals surface area (Å²) in [5.74, 6) is 1.70. The van der Waals surface area contributed by atoms with Crippen LogP contribution in [0.2, 0.25) is 0 Å². The van der Waals surface area contributed by atoms with Crippen LogP contribution in [-0.4, -0.2) is 6.29 Å². The lowest BCUT2D eigenvalue weighted by Gasteiger charge is -2.18. The zero-order chi connectivity index (χ0) is 8.01. The van der Waals surface area contributed by atoms with Gasteiger partial charge >= 0.3 is 0 Å². The molecule has 3 unspecified atom stereocenters. The van der Waals surface area contributed by atoms with Crippen molar-refractivity contribution in [1.82, 2.24) is 0 Å². The maximum Gasteiger partial charge on any atom is 0.123 e. The van der Waals surface area contributed by atoms with Gasteiger partial charge in [0.25, 0.3) is 0 Å². The molecular weight excluding hydrogens is 136 g/mol. The number of hydrogen-bond donors (Lipinski definition) is 0. The van der Waals surface area contributed by atoms with Gasteiger partial charge in [-0.15, -0.1) is 0 Å². The fourth-order valence-electron chi connectivity index (χ4n) is 2.69. The highest BCUT2D eigenvalue weighted by Gasteiger charge is 2.41. The van der Waals surface area contributed by atoms with Crippen molar-refractivity contribution in [2.24, 2.45) is 17.8 Å². The minimum Gasteiger partial charge on any atom is -0.303 e. The second-order valence-corrected chi connectivity index (χ2v) is 3.94. The fourth-order valence-corrected chi connectivity index (χ4v) is 2.69. The maximum absolute atomic E-state index is 10.6. The zero-order valence-corrected chi connectivity index (χ0v) is 7.13. The summed E-state index contributed by atoms with van der Waals surface area (Å²) in [4.78, 5) is 10.6. The van der Waals surface area contributed by atoms with Gasteiger partial charge in [0.2, 0.25) is 0 Å². The molecule has 0 saturated heterocycles. The number of aldehydes is 1. The number of allylic oxidation sites excluding steroid dienone is 2. The Morgan fingerprint density at radius 2 is 2.00 bits per heavy atom. The summed E-state index contributed by atoms with van der Waals surface area (Å²) >= 11 is 0. The summed E-state index contributed by atoms with van der Waals surface area (Å²) in [5, 5.41) is 0. The maximum atomic E-state index is 10.6. The molecule has 1 saturated carbocycles. The van der Waals surface area contributed by atoms with Crippen molar-refractivity contribution in [3.8, 4) is 0 Å². The van der Waals surface area contributed by atoms with E-state index in [4.69, 9.17) is 0 Å². The van der Waals surface area contributed by atoms with Gasteiger partial charge in [0.15, 0.2) is 0 Å². The molecule has 0 aromatic carbocycles. The van der Waals surface area contributed by atoms with Crippen LogP contribution in [0.15, 0.2) is 11.1 Å². The van der Waals surface area contributed by atoms with Crippen LogP contribution in [0.4, 0.5) is 0 Å². The summed E-state index contributed by atoms with van der Waals surface area (Å²) < 4.78 is 0. The molecule has 0 aliphatic heterocycles. The Labute approximate surface area is 67.5 Å². The van der Waals surface area contributed by atoms with Gasteiger partial charge < -0.3 is 4.79 Å². The van der Waals surface area contributed by atoms with E-state index in [9.17, 15) is 4.79 Å². The van der Waals surface area contributed by atoms with Gasteiger partial charge in [-0.05, 0) is 38.5 Å². The van der Waals surface area contributed by atoms with E-state index in [0.717, 1.165) is 18.6 Å². The average molecular weight is 150 g/mol. The van der Waals surface area contributed by atoms with Gasteiger partial charge in [-0.3, -0.25) is 0 Å². The Hall–Kier alpha value is -0.590. The third kappa shape index (κ3) is 0.800. The predicted molar refractivity (Wildman–Crippen MR) is 44.1 cm³/mol. The van der Waals surface area contributed by atoms with E-state index in [1.165, 1.54) is 12.0 Å². The number of hydrogen-bond acceptors (Lipinski definition) is 1. The molecule has 1 fully saturated rings. The molecule has 2 aliphatic carbocycles. The first-order chi connectivity index (χ1) is 5.24. The van der Waals surface area contributed by atoms with Crippen LogP contribution in [0.5, 0.6) is 0 Å². The fraction of sp³-hybridized carbons (Fsp3) is 0.700. The Bertz CT molecular complexity index is 227. The molecule has 0 heterocycles. The van der Waals surface area contributed by atoms with E-state index in [1.54, 1.807) is 5.57 Å². The van der Waals surface area contributed by atoms with Crippen molar-refractivity contribution in [2.75, 3.05) is 0 Å². The summed E-state index contributed by atoms with van der Waals surface area (Å²) in [6, 6.07) is 0. The molecule has 2 bridgehead atoms. The quantitative estimate of drug-likeness (QED) is 0.413. The van der Waals surface area contributed by atoms with Gasteiger partial charge in [-0.1, -0.05) is 11.1 Å². The average Bonchev–Trinajstić information content (AvgIpc) is 2.53. The standard InChI is InChI=1S/C10H14O/c1-6-7(2)10-4-8(6)3-9(10)5-11/h5,8-10H,3-4H2,1-2H3. The van der Waals surface area contributed by atoms with Crippen molar-refractivity contribution >= 4 is 6.29 Å². The van der Waals surface area contributed by atoms with Gasteiger partial charge in [0.1, 0.15) is 6.29 Å². The Morgan fingerprint density at radius 1 is 1.27 bits per heavy atom. The molecule has 0 aromatic heterocycles. The topological polar surface area (TPSA) is 17.1 Å². The lowest BCUT2D eigenvalue weighted by Crippen LogP contribution is -2.13. The smallest absolute Gasteiger partial charge is 0.123 e. The highest BCUT2D eigenvalue weighted by molar-refractivity contribution is 5.57. The molecule has 11 heavy (non-hydrogen) atoms. The Morgan fingerprint density at radius 3 is 2.45 bits per heavy atom. The summed E-state index contributed by atoms with van der Waals surface area (Å²) in [6.45, 7) is 4.41. The molecular formula is C10H14O. The predicted octanol–water partition coefficient (Wildman–Crippen LogP) is 2.18. The molecule has 2 rings (SSSR count). The molecule has 0 aromatic rings. The Kier molecular flexibility index (Phi) is 1.41. The molecule has 0 amide bonds. The molecule has 0 radical (unpaired) electrons. The number of carbonyl (C=O) groups excluding carboxylic acids is 1. The van der Waals surface area contributed by atoms with Crippen LogP contribution < -0.4 is 0 Å². The van der Waals surface area contributed by atoms with E-state index in [1.807, 2.05) is 0 Å². The minimum atomic E-state index is 0.351. The Balaban J connectivity index is 2.30. The van der Waals surface area contributed by atoms with E-state index in [-0.39, 0.29) is 0 Å². The summed E-state index contributed by atoms with van der Waals surface area (Å²) in [6.07, 6.45) is 3.53. The van der Waals surface area contributed by atoms with Crippen molar-refractivity contribution < 1.29 is 4.79 Å². The second-order valence-electron chi connectivity index (χ2n) is 3.94. The first kappa shape index (κ1) is 7.08. The molecule has 3 atom stereocenters. The summed E-state index contributed by atoms with van der Waals surface area (Å²) in [7, 11) is 0. The zero-order valence-electron chi connectivity index (χ0n) is 7.13. The van der Waals surface area contributed by atoms with Crippen LogP contribution in [-0.2, 0) is 4.79 Å². The lowest BCUT2D eigenvalue weighted by molar-refractivity contribution is -0.111. The van der Waals surface area contributed by atoms with E-state index < -0.39 is 0 Å². The molecule has 2 aliphatic rings. The van der Waals surface area contributed by atoms with Gasteiger partial charge in [-0.25, -0.2) is 0 Å². The molecule has 60 valence electrons. The highest BCUT2D eigenvalue weighted by atomic mass is 16.1. The van der Waals surface area contributed by atoms with Gasteiger partial charge in [-0.2, -0.15) is 0 Å². The van der Waals surface area contributed by atoms with Crippen LogP contribution in [0.3, 0.4) is 0 Å². The van der Waals surface area contributed by atoms with Crippen molar-refractivity contribution in [3.63, 3.8) is 0 Å². The van der Waals surface area contributed by atoms with Crippen molar-refractivity contribution in [2.45, 2.75) is 26.7 Å². The van der Waals surface area contributed by atoms with Crippen LogP contribution >= 0.6 is 0 Å². The molecule has 0 spiro atoms. The van der Waals surface area contributed by atoms with E-state index in [2.05, 4.69) is 13.8 Å². The van der Waals surface area contributed by atoms with Crippen LogP contribution in [0, 0.1) is 17.8 Å². The second kappa shape index (κ2) is 2.20. The van der Waals surface area contributed by atoms with Crippen molar-refractivity contribution in [1.29, 1.82) is 0 Å². The minimum absolute atomic E-state index is 0.351. The number of rotatable bonds is 1. The number of fused-ring (bicyclic) bond motifs is 2. The first-order valence-corrected chi connectivity index (χ1v) is 4.36. The molecule has 1 heteroatoms. The van der Waals surface area contributed by atoms with Crippen LogP contribution in [0.1, 0.15) is 26.7 Å². The van der Waals surface area contributed by atoms with E-state index in [0.29, 0.717) is 11.8 Å². The normalized spacial score (nSPS) is 41.8. The highest BCUT2D eigenvalue weighted by Crippen LogP contribution is 2.50. The third-order valence-corrected chi connectivity index (χ3v) is 3.58. The largest absolute Gasteiger partial charge is 0.303 e. The van der Waals surface area contributed by atoms with Gasteiger partial charge in [0.05, 0.1) is 0 Å². The summed E-state index contributed by atoms with van der Waals surface area (Å²) in [5.41, 5.74) is 3.06. The first-order valence-electron chi connectivity index (χ1n) is 4.36. The van der Waals surface area contributed by atoms with Crippen LogP contribution in [0.25, 0.3) is 0 Å². The number of carbonyl (C=O) groups is 1.